The summed E-state index contributed by atoms with van der Waals surface area (Å²) in [5.74, 6) is 1.22. The largest absolute Gasteiger partial charge is 0.287 e. The summed E-state index contributed by atoms with van der Waals surface area (Å²) in [6.07, 6.45) is 7.13. The number of carbonyl (C=O) groups is 1. The van der Waals surface area contributed by atoms with E-state index in [9.17, 15) is 4.79 Å². The third kappa shape index (κ3) is 8.61. The van der Waals surface area contributed by atoms with Gasteiger partial charge in [0, 0.05) is 12.2 Å². The highest BCUT2D eigenvalue weighted by atomic mass is 32.2. The van der Waals surface area contributed by atoms with Gasteiger partial charge in [0.15, 0.2) is 5.12 Å². The average molecular weight is 215 g/mol. The summed E-state index contributed by atoms with van der Waals surface area (Å²) in [5, 5.41) is 0.308. The van der Waals surface area contributed by atoms with Gasteiger partial charge in [0.05, 0.1) is 0 Å². The SMILES string of the molecule is [CH2]CSC(=O)CC(C)CCCCCC. The Kier molecular flexibility index (Phi) is 9.58. The van der Waals surface area contributed by atoms with Gasteiger partial charge < -0.3 is 0 Å². The maximum Gasteiger partial charge on any atom is 0.189 e. The van der Waals surface area contributed by atoms with Crippen molar-refractivity contribution in [3.8, 4) is 0 Å². The number of unbranched alkanes of at least 4 members (excludes halogenated alkanes) is 3. The van der Waals surface area contributed by atoms with Crippen LogP contribution in [0.25, 0.3) is 0 Å². The van der Waals surface area contributed by atoms with E-state index in [0.717, 1.165) is 6.42 Å². The van der Waals surface area contributed by atoms with Gasteiger partial charge in [-0.1, -0.05) is 57.7 Å². The van der Waals surface area contributed by atoms with Crippen LogP contribution in [0.4, 0.5) is 0 Å². The van der Waals surface area contributed by atoms with Crippen molar-refractivity contribution in [2.24, 2.45) is 5.92 Å². The molecular weight excluding hydrogens is 192 g/mol. The molecule has 0 fully saturated rings. The standard InChI is InChI=1S/C12H23OS/c1-4-6-7-8-9-11(3)10-12(13)14-5-2/h11H,2,4-10H2,1,3H3. The first kappa shape index (κ1) is 14.0. The lowest BCUT2D eigenvalue weighted by atomic mass is 10.0. The predicted molar refractivity (Wildman–Crippen MR) is 65.4 cm³/mol. The van der Waals surface area contributed by atoms with E-state index >= 15 is 0 Å². The molecule has 0 N–H and O–H groups in total. The van der Waals surface area contributed by atoms with E-state index in [1.165, 1.54) is 43.9 Å². The van der Waals surface area contributed by atoms with Gasteiger partial charge in [0.25, 0.3) is 0 Å². The number of rotatable bonds is 8. The lowest BCUT2D eigenvalue weighted by Crippen LogP contribution is -2.02. The van der Waals surface area contributed by atoms with Crippen molar-refractivity contribution >= 4 is 16.9 Å². The highest BCUT2D eigenvalue weighted by Gasteiger charge is 2.08. The van der Waals surface area contributed by atoms with Crippen LogP contribution >= 0.6 is 11.8 Å². The van der Waals surface area contributed by atoms with Crippen molar-refractivity contribution in [3.63, 3.8) is 0 Å². The molecule has 0 amide bonds. The van der Waals surface area contributed by atoms with Crippen LogP contribution in [0.2, 0.25) is 0 Å². The Balaban J connectivity index is 3.35. The summed E-state index contributed by atoms with van der Waals surface area (Å²) in [6.45, 7) is 8.06. The fourth-order valence-electron chi connectivity index (χ4n) is 1.48. The molecule has 0 heterocycles. The topological polar surface area (TPSA) is 17.1 Å². The highest BCUT2D eigenvalue weighted by molar-refractivity contribution is 8.13. The molecule has 0 aliphatic rings. The Bertz CT molecular complexity index is 145. The smallest absolute Gasteiger partial charge is 0.189 e. The summed E-state index contributed by atoms with van der Waals surface area (Å²) in [6, 6.07) is 0. The molecule has 1 radical (unpaired) electrons. The normalized spacial score (nSPS) is 12.8. The Morgan fingerprint density at radius 2 is 2.07 bits per heavy atom. The van der Waals surface area contributed by atoms with Gasteiger partial charge in [0.1, 0.15) is 0 Å². The van der Waals surface area contributed by atoms with Gasteiger partial charge in [-0.05, 0) is 12.8 Å². The Hall–Kier alpha value is 0.0200. The fraction of sp³-hybridized carbons (Fsp3) is 0.833. The lowest BCUT2D eigenvalue weighted by Gasteiger charge is -2.09. The third-order valence-corrected chi connectivity index (χ3v) is 3.02. The van der Waals surface area contributed by atoms with Gasteiger partial charge in [-0.3, -0.25) is 4.79 Å². The molecule has 0 aromatic rings. The maximum atomic E-state index is 11.3. The first-order valence-electron chi connectivity index (χ1n) is 5.65. The van der Waals surface area contributed by atoms with Crippen molar-refractivity contribution in [2.75, 3.05) is 5.75 Å². The second kappa shape index (κ2) is 9.57. The van der Waals surface area contributed by atoms with E-state index in [2.05, 4.69) is 20.8 Å². The first-order chi connectivity index (χ1) is 6.70. The second-order valence-electron chi connectivity index (χ2n) is 3.88. The highest BCUT2D eigenvalue weighted by Crippen LogP contribution is 2.17. The molecule has 0 rings (SSSR count). The van der Waals surface area contributed by atoms with E-state index in [-0.39, 0.29) is 0 Å². The molecule has 0 saturated heterocycles. The monoisotopic (exact) mass is 215 g/mol. The Labute approximate surface area is 93.0 Å². The molecule has 0 aliphatic carbocycles. The Morgan fingerprint density at radius 3 is 2.64 bits per heavy atom. The van der Waals surface area contributed by atoms with Crippen molar-refractivity contribution in [1.82, 2.24) is 0 Å². The molecule has 1 unspecified atom stereocenters. The zero-order valence-electron chi connectivity index (χ0n) is 9.55. The molecule has 0 aliphatic heterocycles. The molecular formula is C12H23OS. The molecule has 0 aromatic carbocycles. The van der Waals surface area contributed by atoms with Crippen molar-refractivity contribution < 1.29 is 4.79 Å². The van der Waals surface area contributed by atoms with Crippen LogP contribution in [0, 0.1) is 12.8 Å². The van der Waals surface area contributed by atoms with Gasteiger partial charge in [0.2, 0.25) is 0 Å². The van der Waals surface area contributed by atoms with E-state index < -0.39 is 0 Å². The quantitative estimate of drug-likeness (QED) is 0.568. The number of carbonyl (C=O) groups excluding carboxylic acids is 1. The van der Waals surface area contributed by atoms with Crippen LogP contribution < -0.4 is 0 Å². The summed E-state index contributed by atoms with van der Waals surface area (Å²) in [4.78, 5) is 11.3. The lowest BCUT2D eigenvalue weighted by molar-refractivity contribution is -0.111. The summed E-state index contributed by atoms with van der Waals surface area (Å²) in [5.41, 5.74) is 0. The molecule has 1 atom stereocenters. The molecule has 83 valence electrons. The van der Waals surface area contributed by atoms with Crippen molar-refractivity contribution in [3.05, 3.63) is 6.92 Å². The van der Waals surface area contributed by atoms with Crippen LogP contribution in [0.3, 0.4) is 0 Å². The van der Waals surface area contributed by atoms with E-state index in [1.807, 2.05) is 0 Å². The number of thioether (sulfide) groups is 1. The molecule has 1 nitrogen and oxygen atoms in total. The molecule has 14 heavy (non-hydrogen) atoms. The minimum Gasteiger partial charge on any atom is -0.287 e. The first-order valence-corrected chi connectivity index (χ1v) is 6.64. The van der Waals surface area contributed by atoms with Crippen LogP contribution in [0.1, 0.15) is 52.4 Å². The zero-order chi connectivity index (χ0) is 10.8. The van der Waals surface area contributed by atoms with Gasteiger partial charge in [-0.15, -0.1) is 0 Å². The molecule has 0 saturated carbocycles. The number of hydrogen-bond donors (Lipinski definition) is 0. The van der Waals surface area contributed by atoms with Crippen LogP contribution in [0.15, 0.2) is 0 Å². The predicted octanol–water partition coefficient (Wildman–Crippen LogP) is 4.08. The third-order valence-electron chi connectivity index (χ3n) is 2.33. The minimum atomic E-state index is 0.308. The van der Waals surface area contributed by atoms with Gasteiger partial charge in [-0.25, -0.2) is 0 Å². The summed E-state index contributed by atoms with van der Waals surface area (Å²) in [7, 11) is 0. The van der Waals surface area contributed by atoms with Crippen LogP contribution in [-0.4, -0.2) is 10.9 Å². The van der Waals surface area contributed by atoms with E-state index in [1.54, 1.807) is 0 Å². The second-order valence-corrected chi connectivity index (χ2v) is 5.03. The summed E-state index contributed by atoms with van der Waals surface area (Å²) < 4.78 is 0. The van der Waals surface area contributed by atoms with Crippen LogP contribution in [-0.2, 0) is 4.79 Å². The average Bonchev–Trinajstić information content (AvgIpc) is 2.13. The molecule has 0 spiro atoms. The van der Waals surface area contributed by atoms with Crippen LogP contribution in [0.5, 0.6) is 0 Å². The van der Waals surface area contributed by atoms with Gasteiger partial charge >= 0.3 is 0 Å². The number of hydrogen-bond acceptors (Lipinski definition) is 2. The molecule has 2 heteroatoms. The van der Waals surface area contributed by atoms with Crippen molar-refractivity contribution in [1.29, 1.82) is 0 Å². The van der Waals surface area contributed by atoms with Gasteiger partial charge in [-0.2, -0.15) is 0 Å². The Morgan fingerprint density at radius 1 is 1.36 bits per heavy atom. The molecule has 0 aromatic heterocycles. The minimum absolute atomic E-state index is 0.308. The van der Waals surface area contributed by atoms with E-state index in [0.29, 0.717) is 16.8 Å². The maximum absolute atomic E-state index is 11.3. The zero-order valence-corrected chi connectivity index (χ0v) is 10.4. The summed E-state index contributed by atoms with van der Waals surface area (Å²) >= 11 is 1.35. The van der Waals surface area contributed by atoms with Crippen molar-refractivity contribution in [2.45, 2.75) is 52.4 Å². The van der Waals surface area contributed by atoms with E-state index in [4.69, 9.17) is 0 Å². The molecule has 0 bridgehead atoms. The fourth-order valence-corrected chi connectivity index (χ4v) is 2.11.